The van der Waals surface area contributed by atoms with Crippen LogP contribution in [0.3, 0.4) is 0 Å². The van der Waals surface area contributed by atoms with Gasteiger partial charge in [0.2, 0.25) is 18.2 Å². The molecule has 1 saturated carbocycles. The maximum Gasteiger partial charge on any atom is 0.407 e. The van der Waals surface area contributed by atoms with Gasteiger partial charge in [0.05, 0.1) is 13.2 Å². The highest BCUT2D eigenvalue weighted by molar-refractivity contribution is 5.88. The fourth-order valence-electron chi connectivity index (χ4n) is 7.69. The number of likely N-dealkylation sites (tertiary alicyclic amines) is 1. The monoisotopic (exact) mass is 886 g/mol. The van der Waals surface area contributed by atoms with Crippen molar-refractivity contribution in [3.05, 3.63) is 48.6 Å². The highest BCUT2D eigenvalue weighted by Gasteiger charge is 2.43. The van der Waals surface area contributed by atoms with Gasteiger partial charge in [0, 0.05) is 52.2 Å². The number of nitrogens with one attached hydrogen (secondary N) is 5. The summed E-state index contributed by atoms with van der Waals surface area (Å²) in [6, 6.07) is 7.97. The number of likely N-dealkylation sites (N-methyl/N-ethyl adjacent to an activating group) is 1. The number of methoxy groups -OCH3 is 1. The van der Waals surface area contributed by atoms with Gasteiger partial charge in [-0.05, 0) is 73.7 Å². The van der Waals surface area contributed by atoms with E-state index in [4.69, 9.17) is 0 Å². The molecule has 3 rings (SSSR count). The van der Waals surface area contributed by atoms with E-state index in [1.807, 2.05) is 37.3 Å². The van der Waals surface area contributed by atoms with Crippen molar-refractivity contribution in [3.8, 4) is 0 Å². The number of aliphatic hydroxyl groups is 1. The molecule has 1 heterocycles. The van der Waals surface area contributed by atoms with Crippen LogP contribution in [-0.2, 0) is 30.5 Å². The van der Waals surface area contributed by atoms with Crippen molar-refractivity contribution in [1.82, 2.24) is 36.4 Å². The first kappa shape index (κ1) is 56.5. The SMILES string of the molecule is C=CCNC=O.CCCC(NC(=O)CCCCN(C)C(=O)C(NC(=O)NC(CN1CCC(C)(C)CC1O)C(C)(C)C)C1(C)CCCCC1)C(C)=O.COC(=O)NCc1ccccc1. The van der Waals surface area contributed by atoms with Crippen LogP contribution in [0.2, 0.25) is 0 Å². The Morgan fingerprint density at radius 1 is 1.00 bits per heavy atom. The topological polar surface area (TPSA) is 199 Å². The summed E-state index contributed by atoms with van der Waals surface area (Å²) in [6.07, 6.45) is 10.9. The number of urea groups is 1. The number of carbonyl (C=O) groups excluding carboxylic acids is 6. The number of ketones is 1. The van der Waals surface area contributed by atoms with Crippen molar-refractivity contribution < 1.29 is 38.6 Å². The van der Waals surface area contributed by atoms with Crippen LogP contribution in [0.25, 0.3) is 0 Å². The first-order valence-corrected chi connectivity index (χ1v) is 22.8. The minimum atomic E-state index is -0.668. The van der Waals surface area contributed by atoms with Crippen LogP contribution in [-0.4, -0.2) is 116 Å². The maximum atomic E-state index is 13.9. The molecule has 15 heteroatoms. The molecule has 15 nitrogen and oxygen atoms in total. The van der Waals surface area contributed by atoms with E-state index in [2.05, 4.69) is 84.3 Å². The second-order valence-electron chi connectivity index (χ2n) is 19.2. The van der Waals surface area contributed by atoms with Crippen molar-refractivity contribution in [2.24, 2.45) is 16.2 Å². The number of piperidine rings is 1. The lowest BCUT2D eigenvalue weighted by Gasteiger charge is -2.44. The third kappa shape index (κ3) is 22.6. The summed E-state index contributed by atoms with van der Waals surface area (Å²) in [5.41, 5.74) is 0.533. The van der Waals surface area contributed by atoms with Crippen LogP contribution < -0.4 is 26.6 Å². The quantitative estimate of drug-likeness (QED) is 0.0485. The molecule has 63 heavy (non-hydrogen) atoms. The van der Waals surface area contributed by atoms with Crippen LogP contribution in [0.15, 0.2) is 43.0 Å². The number of unbranched alkanes of at least 4 members (excludes halogenated alkanes) is 1. The highest BCUT2D eigenvalue weighted by Crippen LogP contribution is 2.40. The Bertz CT molecular complexity index is 1540. The van der Waals surface area contributed by atoms with E-state index in [9.17, 15) is 33.9 Å². The number of aliphatic hydroxyl groups excluding tert-OH is 1. The van der Waals surface area contributed by atoms with Crippen LogP contribution in [0.4, 0.5) is 9.59 Å². The van der Waals surface area contributed by atoms with Crippen molar-refractivity contribution in [2.75, 3.05) is 40.3 Å². The number of ether oxygens (including phenoxy) is 1. The highest BCUT2D eigenvalue weighted by atomic mass is 16.5. The van der Waals surface area contributed by atoms with E-state index in [-0.39, 0.29) is 45.9 Å². The number of nitrogens with zero attached hydrogens (tertiary/aromatic N) is 2. The van der Waals surface area contributed by atoms with Gasteiger partial charge in [0.1, 0.15) is 12.3 Å². The molecule has 2 aliphatic rings. The van der Waals surface area contributed by atoms with E-state index < -0.39 is 24.4 Å². The molecule has 358 valence electrons. The van der Waals surface area contributed by atoms with Gasteiger partial charge in [-0.3, -0.25) is 24.1 Å². The second kappa shape index (κ2) is 29.0. The number of benzene rings is 1. The molecule has 1 aromatic carbocycles. The molecule has 1 aliphatic heterocycles. The van der Waals surface area contributed by atoms with Gasteiger partial charge >= 0.3 is 12.1 Å². The zero-order valence-corrected chi connectivity index (χ0v) is 40.3. The van der Waals surface area contributed by atoms with E-state index in [0.717, 1.165) is 57.1 Å². The van der Waals surface area contributed by atoms with Crippen LogP contribution in [0.1, 0.15) is 138 Å². The lowest BCUT2D eigenvalue weighted by molar-refractivity contribution is -0.135. The van der Waals surface area contributed by atoms with Crippen molar-refractivity contribution in [3.63, 3.8) is 0 Å². The first-order chi connectivity index (χ1) is 29.6. The summed E-state index contributed by atoms with van der Waals surface area (Å²) in [7, 11) is 3.12. The van der Waals surface area contributed by atoms with E-state index >= 15 is 0 Å². The zero-order valence-electron chi connectivity index (χ0n) is 40.3. The van der Waals surface area contributed by atoms with Gasteiger partial charge < -0.3 is 41.3 Å². The lowest BCUT2D eigenvalue weighted by atomic mass is 9.70. The number of rotatable bonds is 20. The van der Waals surface area contributed by atoms with Gasteiger partial charge in [-0.25, -0.2) is 9.59 Å². The number of carbonyl (C=O) groups is 6. The largest absolute Gasteiger partial charge is 0.453 e. The standard InChI is InChI=1S/C35H65N5O5.C9H11NO2.C4H7NO/c1-10-16-26(25(2)41)36-28(42)17-12-15-21-39(9)31(44)30(35(8)18-13-11-14-19-35)38-32(45)37-27(33(3,4)5)24-40-22-20-34(6,7)23-29(40)43;1-12-9(11)10-7-8-5-3-2-4-6-8;1-2-3-5-4-6/h26-27,29-30,43H,10-24H2,1-9H3,(H,36,42)(H2,37,38,45);2-6H,7H2,1H3,(H,10,11);2,4H,1,3H2,(H,5,6). The van der Waals surface area contributed by atoms with Crippen molar-refractivity contribution in [1.29, 1.82) is 0 Å². The molecule has 0 spiro atoms. The van der Waals surface area contributed by atoms with E-state index in [0.29, 0.717) is 64.7 Å². The summed E-state index contributed by atoms with van der Waals surface area (Å²) in [6.45, 7) is 22.4. The Morgan fingerprint density at radius 2 is 1.65 bits per heavy atom. The Hall–Kier alpha value is -4.50. The number of hydrogen-bond donors (Lipinski definition) is 6. The fraction of sp³-hybridized carbons (Fsp3) is 0.708. The van der Waals surface area contributed by atoms with Gasteiger partial charge in [0.15, 0.2) is 5.78 Å². The molecule has 1 saturated heterocycles. The lowest BCUT2D eigenvalue weighted by Crippen LogP contribution is -2.61. The van der Waals surface area contributed by atoms with Gasteiger partial charge in [-0.2, -0.15) is 0 Å². The molecule has 0 bridgehead atoms. The number of hydrogen-bond acceptors (Lipinski definition) is 9. The molecule has 0 radical (unpaired) electrons. The van der Waals surface area contributed by atoms with Crippen molar-refractivity contribution in [2.45, 2.75) is 163 Å². The molecule has 4 atom stereocenters. The second-order valence-corrected chi connectivity index (χ2v) is 19.2. The molecule has 1 aliphatic carbocycles. The first-order valence-electron chi connectivity index (χ1n) is 22.8. The Balaban J connectivity index is 0.000000907. The number of amides is 6. The van der Waals surface area contributed by atoms with Gasteiger partial charge in [-0.15, -0.1) is 6.58 Å². The van der Waals surface area contributed by atoms with E-state index in [1.54, 1.807) is 18.0 Å². The fourth-order valence-corrected chi connectivity index (χ4v) is 7.69. The average molecular weight is 886 g/mol. The molecular weight excluding hydrogens is 803 g/mol. The maximum absolute atomic E-state index is 13.9. The number of Topliss-reactive ketones (excluding diaryl/α,β-unsaturated/α-hetero) is 1. The average Bonchev–Trinajstić information content (AvgIpc) is 3.23. The normalized spacial score (nSPS) is 18.1. The molecule has 6 N–H and O–H groups in total. The Kier molecular flexibility index (Phi) is 26.1. The summed E-state index contributed by atoms with van der Waals surface area (Å²) in [5, 5.41) is 25.0. The summed E-state index contributed by atoms with van der Waals surface area (Å²) >= 11 is 0. The smallest absolute Gasteiger partial charge is 0.407 e. The third-order valence-electron chi connectivity index (χ3n) is 12.0. The molecule has 6 amide bonds. The molecule has 2 fully saturated rings. The minimum absolute atomic E-state index is 0.0312. The molecular formula is C48H83N7O8. The Morgan fingerprint density at radius 3 is 2.17 bits per heavy atom. The van der Waals surface area contributed by atoms with Crippen molar-refractivity contribution >= 4 is 36.1 Å². The van der Waals surface area contributed by atoms with E-state index in [1.165, 1.54) is 14.0 Å². The van der Waals surface area contributed by atoms with Crippen LogP contribution in [0.5, 0.6) is 0 Å². The third-order valence-corrected chi connectivity index (χ3v) is 12.0. The van der Waals surface area contributed by atoms with Crippen LogP contribution >= 0.6 is 0 Å². The molecule has 1 aromatic rings. The predicted octanol–water partition coefficient (Wildman–Crippen LogP) is 6.44. The number of alkyl carbamates (subject to hydrolysis) is 1. The summed E-state index contributed by atoms with van der Waals surface area (Å²) in [5.74, 6) is -0.284. The van der Waals surface area contributed by atoms with Crippen LogP contribution in [0, 0.1) is 16.2 Å². The minimum Gasteiger partial charge on any atom is -0.453 e. The molecule has 0 aromatic heterocycles. The predicted molar refractivity (Wildman–Crippen MR) is 249 cm³/mol. The molecule has 4 unspecified atom stereocenters. The summed E-state index contributed by atoms with van der Waals surface area (Å²) < 4.78 is 4.42. The van der Waals surface area contributed by atoms with Gasteiger partial charge in [0.25, 0.3) is 0 Å². The zero-order chi connectivity index (χ0) is 47.6. The van der Waals surface area contributed by atoms with Gasteiger partial charge in [-0.1, -0.05) is 111 Å². The Labute approximate surface area is 378 Å². The summed E-state index contributed by atoms with van der Waals surface area (Å²) in [4.78, 5) is 75.6.